The highest BCUT2D eigenvalue weighted by Gasteiger charge is 2.29. The van der Waals surface area contributed by atoms with E-state index in [0.717, 1.165) is 24.9 Å². The first-order chi connectivity index (χ1) is 9.72. The summed E-state index contributed by atoms with van der Waals surface area (Å²) in [5.74, 6) is 0.0445. The zero-order valence-electron chi connectivity index (χ0n) is 11.6. The molecule has 1 aliphatic rings. The molecule has 1 aromatic carbocycles. The van der Waals surface area contributed by atoms with Crippen molar-refractivity contribution in [3.63, 3.8) is 0 Å². The molecule has 2 atom stereocenters. The van der Waals surface area contributed by atoms with Crippen molar-refractivity contribution in [1.82, 2.24) is 0 Å². The van der Waals surface area contributed by atoms with Crippen molar-refractivity contribution in [2.75, 3.05) is 11.9 Å². The molecule has 3 nitrogen and oxygen atoms in total. The zero-order valence-corrected chi connectivity index (χ0v) is 12.4. The first-order valence-corrected chi connectivity index (χ1v) is 7.43. The van der Waals surface area contributed by atoms with E-state index in [9.17, 15) is 4.79 Å². The Balaban J connectivity index is 2.15. The number of rotatable bonds is 5. The van der Waals surface area contributed by atoms with Gasteiger partial charge in [0.25, 0.3) is 0 Å². The number of carbonyl (C=O) groups excluding carboxylic acids is 1. The molecule has 0 saturated heterocycles. The summed E-state index contributed by atoms with van der Waals surface area (Å²) in [6.45, 7) is 2.22. The van der Waals surface area contributed by atoms with Crippen LogP contribution in [-0.4, -0.2) is 18.6 Å². The standard InChI is InChI=1S/C16H20ClNO2/c1-2-20-16(19)15(12-8-4-3-5-9-12)18-14-11-7-6-10-13(14)17/h3-4,6-7,10-12,15,18H,2,5,8-9H2,1H3. The van der Waals surface area contributed by atoms with Crippen molar-refractivity contribution in [2.24, 2.45) is 5.92 Å². The minimum Gasteiger partial charge on any atom is -0.464 e. The number of ether oxygens (including phenoxy) is 1. The molecule has 0 heterocycles. The minimum atomic E-state index is -0.347. The highest BCUT2D eigenvalue weighted by Crippen LogP contribution is 2.28. The third-order valence-electron chi connectivity index (χ3n) is 3.51. The summed E-state index contributed by atoms with van der Waals surface area (Å²) in [4.78, 5) is 12.2. The van der Waals surface area contributed by atoms with Crippen LogP contribution in [0.4, 0.5) is 5.69 Å². The van der Waals surface area contributed by atoms with Crippen LogP contribution < -0.4 is 5.32 Å². The van der Waals surface area contributed by atoms with E-state index in [1.54, 1.807) is 0 Å². The smallest absolute Gasteiger partial charge is 0.328 e. The van der Waals surface area contributed by atoms with Crippen LogP contribution in [0.1, 0.15) is 26.2 Å². The largest absolute Gasteiger partial charge is 0.464 e. The number of carbonyl (C=O) groups is 1. The van der Waals surface area contributed by atoms with Gasteiger partial charge in [-0.25, -0.2) is 4.79 Å². The summed E-state index contributed by atoms with van der Waals surface area (Å²) in [5.41, 5.74) is 0.779. The molecule has 20 heavy (non-hydrogen) atoms. The molecule has 0 aliphatic heterocycles. The number of halogens is 1. The van der Waals surface area contributed by atoms with E-state index in [-0.39, 0.29) is 17.9 Å². The van der Waals surface area contributed by atoms with Crippen LogP contribution in [0.2, 0.25) is 5.02 Å². The van der Waals surface area contributed by atoms with Crippen LogP contribution in [0.25, 0.3) is 0 Å². The number of benzene rings is 1. The fourth-order valence-corrected chi connectivity index (χ4v) is 2.66. The number of esters is 1. The molecule has 0 radical (unpaired) electrons. The van der Waals surface area contributed by atoms with Gasteiger partial charge in [0, 0.05) is 0 Å². The molecule has 2 unspecified atom stereocenters. The highest BCUT2D eigenvalue weighted by atomic mass is 35.5. The summed E-state index contributed by atoms with van der Waals surface area (Å²) in [6, 6.07) is 7.12. The number of anilines is 1. The number of hydrogen-bond donors (Lipinski definition) is 1. The Hall–Kier alpha value is -1.48. The van der Waals surface area contributed by atoms with Gasteiger partial charge in [-0.1, -0.05) is 35.9 Å². The van der Waals surface area contributed by atoms with Gasteiger partial charge in [0.2, 0.25) is 0 Å². The number of hydrogen-bond acceptors (Lipinski definition) is 3. The van der Waals surface area contributed by atoms with Gasteiger partial charge >= 0.3 is 5.97 Å². The van der Waals surface area contributed by atoms with Crippen LogP contribution in [0, 0.1) is 5.92 Å². The molecule has 1 N–H and O–H groups in total. The molecule has 1 aromatic rings. The van der Waals surface area contributed by atoms with E-state index in [4.69, 9.17) is 16.3 Å². The maximum atomic E-state index is 12.2. The van der Waals surface area contributed by atoms with E-state index in [0.29, 0.717) is 11.6 Å². The van der Waals surface area contributed by atoms with E-state index in [1.807, 2.05) is 31.2 Å². The molecule has 1 aliphatic carbocycles. The van der Waals surface area contributed by atoms with E-state index < -0.39 is 0 Å². The fourth-order valence-electron chi connectivity index (χ4n) is 2.47. The normalized spacial score (nSPS) is 19.4. The Morgan fingerprint density at radius 3 is 2.90 bits per heavy atom. The van der Waals surface area contributed by atoms with Crippen molar-refractivity contribution in [3.05, 3.63) is 41.4 Å². The lowest BCUT2D eigenvalue weighted by atomic mass is 9.87. The topological polar surface area (TPSA) is 38.3 Å². The number of allylic oxidation sites excluding steroid dienone is 2. The Morgan fingerprint density at radius 1 is 1.45 bits per heavy atom. The van der Waals surface area contributed by atoms with Crippen LogP contribution in [0.15, 0.2) is 36.4 Å². The van der Waals surface area contributed by atoms with E-state index >= 15 is 0 Å². The Bertz CT molecular complexity index is 487. The first kappa shape index (κ1) is 14.9. The lowest BCUT2D eigenvalue weighted by Gasteiger charge is -2.28. The molecule has 0 saturated carbocycles. The molecular weight excluding hydrogens is 274 g/mol. The van der Waals surface area contributed by atoms with Gasteiger partial charge in [-0.2, -0.15) is 0 Å². The molecule has 4 heteroatoms. The predicted molar refractivity (Wildman–Crippen MR) is 82.0 cm³/mol. The first-order valence-electron chi connectivity index (χ1n) is 7.05. The number of para-hydroxylation sites is 1. The van der Waals surface area contributed by atoms with Crippen molar-refractivity contribution >= 4 is 23.3 Å². The van der Waals surface area contributed by atoms with Crippen molar-refractivity contribution in [1.29, 1.82) is 0 Å². The quantitative estimate of drug-likeness (QED) is 0.658. The van der Waals surface area contributed by atoms with Crippen molar-refractivity contribution < 1.29 is 9.53 Å². The van der Waals surface area contributed by atoms with Gasteiger partial charge in [-0.3, -0.25) is 0 Å². The third-order valence-corrected chi connectivity index (χ3v) is 3.84. The van der Waals surface area contributed by atoms with Crippen molar-refractivity contribution in [3.8, 4) is 0 Å². The second-order valence-corrected chi connectivity index (χ2v) is 5.31. The van der Waals surface area contributed by atoms with Gasteiger partial charge < -0.3 is 10.1 Å². The Morgan fingerprint density at radius 2 is 2.25 bits per heavy atom. The highest BCUT2D eigenvalue weighted by molar-refractivity contribution is 6.33. The van der Waals surface area contributed by atoms with Crippen LogP contribution >= 0.6 is 11.6 Å². The van der Waals surface area contributed by atoms with E-state index in [1.165, 1.54) is 0 Å². The molecule has 0 fully saturated rings. The summed E-state index contributed by atoms with van der Waals surface area (Å²) >= 11 is 6.16. The maximum absolute atomic E-state index is 12.2. The van der Waals surface area contributed by atoms with E-state index in [2.05, 4.69) is 17.5 Å². The summed E-state index contributed by atoms with van der Waals surface area (Å²) < 4.78 is 5.20. The summed E-state index contributed by atoms with van der Waals surface area (Å²) in [5, 5.41) is 3.88. The summed E-state index contributed by atoms with van der Waals surface area (Å²) in [7, 11) is 0. The molecule has 108 valence electrons. The minimum absolute atomic E-state index is 0.201. The predicted octanol–water partition coefficient (Wildman–Crippen LogP) is 4.04. The molecule has 0 amide bonds. The Labute approximate surface area is 125 Å². The van der Waals surface area contributed by atoms with Crippen LogP contribution in [0.3, 0.4) is 0 Å². The van der Waals surface area contributed by atoms with Gasteiger partial charge in [0.15, 0.2) is 0 Å². The second-order valence-electron chi connectivity index (χ2n) is 4.90. The third kappa shape index (κ3) is 3.76. The molecule has 2 rings (SSSR count). The summed E-state index contributed by atoms with van der Waals surface area (Å²) in [6.07, 6.45) is 7.17. The van der Waals surface area contributed by atoms with Crippen LogP contribution in [-0.2, 0) is 9.53 Å². The second kappa shape index (κ2) is 7.34. The monoisotopic (exact) mass is 293 g/mol. The van der Waals surface area contributed by atoms with Gasteiger partial charge in [0.1, 0.15) is 6.04 Å². The SMILES string of the molecule is CCOC(=O)C(Nc1ccccc1Cl)C1CC=CCC1. The van der Waals surface area contributed by atoms with Gasteiger partial charge in [0.05, 0.1) is 17.3 Å². The Kier molecular flexibility index (Phi) is 5.48. The molecule has 0 bridgehead atoms. The van der Waals surface area contributed by atoms with Gasteiger partial charge in [-0.05, 0) is 44.2 Å². The molecule has 0 aromatic heterocycles. The zero-order chi connectivity index (χ0) is 14.4. The number of nitrogens with one attached hydrogen (secondary N) is 1. The molecular formula is C16H20ClNO2. The van der Waals surface area contributed by atoms with Crippen LogP contribution in [0.5, 0.6) is 0 Å². The lowest BCUT2D eigenvalue weighted by Crippen LogP contribution is -2.39. The molecule has 0 spiro atoms. The average Bonchev–Trinajstić information content (AvgIpc) is 2.47. The van der Waals surface area contributed by atoms with Gasteiger partial charge in [-0.15, -0.1) is 0 Å². The lowest BCUT2D eigenvalue weighted by molar-refractivity contribution is -0.145. The van der Waals surface area contributed by atoms with Crippen molar-refractivity contribution in [2.45, 2.75) is 32.2 Å². The maximum Gasteiger partial charge on any atom is 0.328 e. The fraction of sp³-hybridized carbons (Fsp3) is 0.438. The average molecular weight is 294 g/mol.